The van der Waals surface area contributed by atoms with Crippen LogP contribution in [-0.4, -0.2) is 13.7 Å². The van der Waals surface area contributed by atoms with Gasteiger partial charge < -0.3 is 10.1 Å². The molecular weight excluding hydrogens is 314 g/mol. The van der Waals surface area contributed by atoms with E-state index in [9.17, 15) is 0 Å². The maximum atomic E-state index is 5.16. The van der Waals surface area contributed by atoms with E-state index in [0.717, 1.165) is 23.2 Å². The lowest BCUT2D eigenvalue weighted by molar-refractivity contribution is 0.414. The molecule has 20 heavy (non-hydrogen) atoms. The van der Waals surface area contributed by atoms with Gasteiger partial charge in [0.15, 0.2) is 0 Å². The lowest BCUT2D eigenvalue weighted by Crippen LogP contribution is -2.21. The van der Waals surface area contributed by atoms with Crippen molar-refractivity contribution in [1.29, 1.82) is 0 Å². The van der Waals surface area contributed by atoms with Gasteiger partial charge in [-0.25, -0.2) is 0 Å². The summed E-state index contributed by atoms with van der Waals surface area (Å²) in [5, 5.41) is 3.56. The van der Waals surface area contributed by atoms with Gasteiger partial charge in [-0.3, -0.25) is 0 Å². The number of hydrogen-bond donors (Lipinski definition) is 1. The Morgan fingerprint density at radius 1 is 1.10 bits per heavy atom. The number of halogens is 1. The third kappa shape index (κ3) is 4.09. The van der Waals surface area contributed by atoms with Crippen LogP contribution < -0.4 is 10.1 Å². The standard InChI is InChI=1S/C17H20BrNO/c1-13(16-5-3-4-6-17(16)18)19-12-11-14-7-9-15(20-2)10-8-14/h3-10,13,19H,11-12H2,1-2H3/t13-/m1/s1. The third-order valence-corrected chi connectivity index (χ3v) is 4.12. The lowest BCUT2D eigenvalue weighted by atomic mass is 10.1. The topological polar surface area (TPSA) is 21.3 Å². The van der Waals surface area contributed by atoms with Gasteiger partial charge in [-0.1, -0.05) is 46.3 Å². The Morgan fingerprint density at radius 3 is 2.45 bits per heavy atom. The third-order valence-electron chi connectivity index (χ3n) is 3.39. The molecule has 0 saturated carbocycles. The first-order chi connectivity index (χ1) is 9.70. The van der Waals surface area contributed by atoms with Crippen molar-refractivity contribution in [2.75, 3.05) is 13.7 Å². The molecule has 0 radical (unpaired) electrons. The number of hydrogen-bond acceptors (Lipinski definition) is 2. The Bertz CT molecular complexity index is 539. The summed E-state index contributed by atoms with van der Waals surface area (Å²) < 4.78 is 6.32. The zero-order chi connectivity index (χ0) is 14.4. The second kappa shape index (κ2) is 7.46. The summed E-state index contributed by atoms with van der Waals surface area (Å²) in [5.41, 5.74) is 2.61. The quantitative estimate of drug-likeness (QED) is 0.848. The van der Waals surface area contributed by atoms with Crippen LogP contribution in [0.2, 0.25) is 0 Å². The number of ether oxygens (including phenoxy) is 1. The molecular formula is C17H20BrNO. The molecule has 0 saturated heterocycles. The Labute approximate surface area is 129 Å². The van der Waals surface area contributed by atoms with Crippen molar-refractivity contribution in [3.63, 3.8) is 0 Å². The zero-order valence-corrected chi connectivity index (χ0v) is 13.5. The van der Waals surface area contributed by atoms with Crippen LogP contribution in [-0.2, 0) is 6.42 Å². The molecule has 1 atom stereocenters. The fourth-order valence-electron chi connectivity index (χ4n) is 2.16. The molecule has 0 amide bonds. The Hall–Kier alpha value is -1.32. The molecule has 2 aromatic rings. The van der Waals surface area contributed by atoms with Crippen LogP contribution in [0.1, 0.15) is 24.1 Å². The molecule has 2 aromatic carbocycles. The summed E-state index contributed by atoms with van der Waals surface area (Å²) in [6, 6.07) is 16.9. The highest BCUT2D eigenvalue weighted by Gasteiger charge is 2.07. The number of rotatable bonds is 6. The van der Waals surface area contributed by atoms with E-state index < -0.39 is 0 Å². The highest BCUT2D eigenvalue weighted by atomic mass is 79.9. The van der Waals surface area contributed by atoms with Gasteiger partial charge in [0.05, 0.1) is 7.11 Å². The largest absolute Gasteiger partial charge is 0.497 e. The van der Waals surface area contributed by atoms with E-state index in [1.54, 1.807) is 7.11 Å². The first-order valence-electron chi connectivity index (χ1n) is 6.81. The second-order valence-corrected chi connectivity index (χ2v) is 5.65. The molecule has 0 heterocycles. The van der Waals surface area contributed by atoms with Crippen LogP contribution in [0.5, 0.6) is 5.75 Å². The molecule has 0 aliphatic carbocycles. The highest BCUT2D eigenvalue weighted by Crippen LogP contribution is 2.22. The molecule has 0 aromatic heterocycles. The molecule has 2 nitrogen and oxygen atoms in total. The van der Waals surface area contributed by atoms with E-state index in [1.165, 1.54) is 11.1 Å². The average Bonchev–Trinajstić information content (AvgIpc) is 2.48. The van der Waals surface area contributed by atoms with Crippen molar-refractivity contribution in [3.8, 4) is 5.75 Å². The van der Waals surface area contributed by atoms with Crippen molar-refractivity contribution in [1.82, 2.24) is 5.32 Å². The molecule has 0 aliphatic heterocycles. The van der Waals surface area contributed by atoms with Gasteiger partial charge in [0.2, 0.25) is 0 Å². The molecule has 0 fully saturated rings. The normalized spacial score (nSPS) is 12.2. The number of nitrogens with one attached hydrogen (secondary N) is 1. The van der Waals surface area contributed by atoms with Crippen molar-refractivity contribution in [2.24, 2.45) is 0 Å². The van der Waals surface area contributed by atoms with Gasteiger partial charge in [0, 0.05) is 10.5 Å². The minimum Gasteiger partial charge on any atom is -0.497 e. The fourth-order valence-corrected chi connectivity index (χ4v) is 2.79. The van der Waals surface area contributed by atoms with Crippen LogP contribution in [0, 0.1) is 0 Å². The van der Waals surface area contributed by atoms with E-state index in [4.69, 9.17) is 4.74 Å². The van der Waals surface area contributed by atoms with Gasteiger partial charge in [-0.05, 0) is 49.2 Å². The molecule has 0 aliphatic rings. The monoisotopic (exact) mass is 333 g/mol. The van der Waals surface area contributed by atoms with E-state index >= 15 is 0 Å². The van der Waals surface area contributed by atoms with Crippen molar-refractivity contribution in [2.45, 2.75) is 19.4 Å². The zero-order valence-electron chi connectivity index (χ0n) is 11.9. The van der Waals surface area contributed by atoms with Gasteiger partial charge in [0.25, 0.3) is 0 Å². The fraction of sp³-hybridized carbons (Fsp3) is 0.294. The van der Waals surface area contributed by atoms with Crippen molar-refractivity contribution < 1.29 is 4.74 Å². The van der Waals surface area contributed by atoms with E-state index in [0.29, 0.717) is 6.04 Å². The second-order valence-electron chi connectivity index (χ2n) is 4.80. The van der Waals surface area contributed by atoms with Gasteiger partial charge in [-0.2, -0.15) is 0 Å². The molecule has 106 valence electrons. The van der Waals surface area contributed by atoms with Crippen LogP contribution in [0.25, 0.3) is 0 Å². The predicted molar refractivity (Wildman–Crippen MR) is 87.3 cm³/mol. The number of benzene rings is 2. The summed E-state index contributed by atoms with van der Waals surface area (Å²) in [4.78, 5) is 0. The summed E-state index contributed by atoms with van der Waals surface area (Å²) in [6.45, 7) is 3.14. The maximum absolute atomic E-state index is 5.16. The summed E-state index contributed by atoms with van der Waals surface area (Å²) in [5.74, 6) is 0.906. The maximum Gasteiger partial charge on any atom is 0.118 e. The summed E-state index contributed by atoms with van der Waals surface area (Å²) in [6.07, 6.45) is 1.01. The van der Waals surface area contributed by atoms with E-state index in [-0.39, 0.29) is 0 Å². The van der Waals surface area contributed by atoms with Gasteiger partial charge >= 0.3 is 0 Å². The Balaban J connectivity index is 1.84. The predicted octanol–water partition coefficient (Wildman–Crippen LogP) is 4.35. The summed E-state index contributed by atoms with van der Waals surface area (Å²) in [7, 11) is 1.69. The molecule has 3 heteroatoms. The molecule has 0 unspecified atom stereocenters. The van der Waals surface area contributed by atoms with Crippen LogP contribution in [0.3, 0.4) is 0 Å². The van der Waals surface area contributed by atoms with Gasteiger partial charge in [-0.15, -0.1) is 0 Å². The SMILES string of the molecule is COc1ccc(CCN[C@H](C)c2ccccc2Br)cc1. The lowest BCUT2D eigenvalue weighted by Gasteiger charge is -2.15. The molecule has 0 spiro atoms. The minimum absolute atomic E-state index is 0.337. The smallest absolute Gasteiger partial charge is 0.118 e. The van der Waals surface area contributed by atoms with E-state index in [1.807, 2.05) is 18.2 Å². The van der Waals surface area contributed by atoms with Crippen molar-refractivity contribution in [3.05, 3.63) is 64.1 Å². The first-order valence-corrected chi connectivity index (χ1v) is 7.60. The first kappa shape index (κ1) is 15.1. The average molecular weight is 334 g/mol. The van der Waals surface area contributed by atoms with Gasteiger partial charge in [0.1, 0.15) is 5.75 Å². The highest BCUT2D eigenvalue weighted by molar-refractivity contribution is 9.10. The van der Waals surface area contributed by atoms with Crippen LogP contribution >= 0.6 is 15.9 Å². The number of methoxy groups -OCH3 is 1. The molecule has 0 bridgehead atoms. The molecule has 1 N–H and O–H groups in total. The Kier molecular flexibility index (Phi) is 5.62. The molecule has 2 rings (SSSR count). The van der Waals surface area contributed by atoms with Crippen LogP contribution in [0.15, 0.2) is 53.0 Å². The minimum atomic E-state index is 0.337. The summed E-state index contributed by atoms with van der Waals surface area (Å²) >= 11 is 3.60. The van der Waals surface area contributed by atoms with Crippen molar-refractivity contribution >= 4 is 15.9 Å². The Morgan fingerprint density at radius 2 is 1.80 bits per heavy atom. The van der Waals surface area contributed by atoms with E-state index in [2.05, 4.69) is 58.5 Å². The van der Waals surface area contributed by atoms with Crippen LogP contribution in [0.4, 0.5) is 0 Å².